The fourth-order valence-corrected chi connectivity index (χ4v) is 2.08. The van der Waals surface area contributed by atoms with E-state index in [0.717, 1.165) is 25.9 Å². The second kappa shape index (κ2) is 7.28. The smallest absolute Gasteiger partial charge is 0.0923 e. The first-order valence-electron chi connectivity index (χ1n) is 6.29. The Bertz CT molecular complexity index is 204. The summed E-state index contributed by atoms with van der Waals surface area (Å²) in [7, 11) is 3.37. The molecule has 0 heterocycles. The first-order valence-corrected chi connectivity index (χ1v) is 6.29. The van der Waals surface area contributed by atoms with Gasteiger partial charge in [-0.05, 0) is 18.8 Å². The van der Waals surface area contributed by atoms with Crippen LogP contribution in [0, 0.1) is 5.92 Å². The van der Waals surface area contributed by atoms with E-state index in [1.165, 1.54) is 0 Å². The molecule has 1 unspecified atom stereocenters. The van der Waals surface area contributed by atoms with Gasteiger partial charge in [0, 0.05) is 40.4 Å². The lowest BCUT2D eigenvalue weighted by atomic mass is 9.97. The first kappa shape index (κ1) is 14.9. The summed E-state index contributed by atoms with van der Waals surface area (Å²) in [5, 5.41) is 10.5. The fourth-order valence-electron chi connectivity index (χ4n) is 2.08. The maximum atomic E-state index is 10.5. The maximum absolute atomic E-state index is 10.5. The Labute approximate surface area is 104 Å². The molecule has 1 aliphatic carbocycles. The number of ether oxygens (including phenoxy) is 2. The summed E-state index contributed by atoms with van der Waals surface area (Å²) in [4.78, 5) is 2.16. The van der Waals surface area contributed by atoms with Crippen LogP contribution in [-0.4, -0.2) is 69.2 Å². The summed E-state index contributed by atoms with van der Waals surface area (Å²) >= 11 is 0. The summed E-state index contributed by atoms with van der Waals surface area (Å²) in [6, 6.07) is 0. The van der Waals surface area contributed by atoms with Crippen molar-refractivity contribution in [2.75, 3.05) is 53.6 Å². The van der Waals surface area contributed by atoms with Crippen molar-refractivity contribution in [2.24, 2.45) is 11.7 Å². The molecule has 17 heavy (non-hydrogen) atoms. The molecule has 102 valence electrons. The third-order valence-electron chi connectivity index (χ3n) is 3.41. The Morgan fingerprint density at radius 2 is 1.76 bits per heavy atom. The zero-order chi connectivity index (χ0) is 12.7. The van der Waals surface area contributed by atoms with Gasteiger partial charge < -0.3 is 20.3 Å². The van der Waals surface area contributed by atoms with Crippen molar-refractivity contribution in [3.63, 3.8) is 0 Å². The third-order valence-corrected chi connectivity index (χ3v) is 3.41. The number of methoxy groups -OCH3 is 2. The van der Waals surface area contributed by atoms with Crippen LogP contribution in [0.2, 0.25) is 0 Å². The molecule has 0 radical (unpaired) electrons. The highest BCUT2D eigenvalue weighted by Crippen LogP contribution is 2.39. The molecule has 0 bridgehead atoms. The molecular formula is C12H26N2O3. The van der Waals surface area contributed by atoms with Gasteiger partial charge in [0.05, 0.1) is 18.8 Å². The molecule has 0 spiro atoms. The van der Waals surface area contributed by atoms with Crippen LogP contribution in [0.1, 0.15) is 12.8 Å². The Morgan fingerprint density at radius 3 is 2.12 bits per heavy atom. The molecule has 5 heteroatoms. The number of nitrogens with two attached hydrogens (primary N) is 1. The molecule has 0 amide bonds. The highest BCUT2D eigenvalue weighted by atomic mass is 16.5. The average molecular weight is 246 g/mol. The zero-order valence-corrected chi connectivity index (χ0v) is 11.0. The molecule has 5 nitrogen and oxygen atoms in total. The third kappa shape index (κ3) is 4.89. The van der Waals surface area contributed by atoms with Crippen LogP contribution < -0.4 is 5.73 Å². The second-order valence-corrected chi connectivity index (χ2v) is 4.84. The minimum atomic E-state index is -0.735. The summed E-state index contributed by atoms with van der Waals surface area (Å²) in [5.41, 5.74) is 4.98. The van der Waals surface area contributed by atoms with Crippen molar-refractivity contribution in [3.05, 3.63) is 0 Å². The molecule has 0 aromatic rings. The maximum Gasteiger partial charge on any atom is 0.0923 e. The van der Waals surface area contributed by atoms with Crippen LogP contribution >= 0.6 is 0 Å². The lowest BCUT2D eigenvalue weighted by Crippen LogP contribution is -2.51. The standard InChI is InChI=1S/C12H26N2O3/c1-16-7-5-14(6-8-17-2)10-12(15,9-13)11-3-4-11/h11,15H,3-10,13H2,1-2H3. The van der Waals surface area contributed by atoms with Crippen molar-refractivity contribution in [1.29, 1.82) is 0 Å². The van der Waals surface area contributed by atoms with Gasteiger partial charge in [-0.3, -0.25) is 4.90 Å². The van der Waals surface area contributed by atoms with Gasteiger partial charge in [0.25, 0.3) is 0 Å². The van der Waals surface area contributed by atoms with Crippen LogP contribution in [0.5, 0.6) is 0 Å². The van der Waals surface area contributed by atoms with Crippen molar-refractivity contribution >= 4 is 0 Å². The molecule has 0 saturated heterocycles. The molecule has 0 aromatic heterocycles. The van der Waals surface area contributed by atoms with Crippen molar-refractivity contribution in [1.82, 2.24) is 4.90 Å². The van der Waals surface area contributed by atoms with Crippen LogP contribution in [0.15, 0.2) is 0 Å². The molecule has 0 aliphatic heterocycles. The van der Waals surface area contributed by atoms with Gasteiger partial charge >= 0.3 is 0 Å². The average Bonchev–Trinajstić information content (AvgIpc) is 3.16. The van der Waals surface area contributed by atoms with Crippen LogP contribution in [-0.2, 0) is 9.47 Å². The topological polar surface area (TPSA) is 68.0 Å². The van der Waals surface area contributed by atoms with Gasteiger partial charge in [0.2, 0.25) is 0 Å². The van der Waals surface area contributed by atoms with Gasteiger partial charge in [-0.2, -0.15) is 0 Å². The molecule has 1 aliphatic rings. The van der Waals surface area contributed by atoms with Gasteiger partial charge in [0.15, 0.2) is 0 Å². The number of nitrogens with zero attached hydrogens (tertiary/aromatic N) is 1. The Balaban J connectivity index is 2.43. The van der Waals surface area contributed by atoms with Crippen LogP contribution in [0.4, 0.5) is 0 Å². The van der Waals surface area contributed by atoms with Gasteiger partial charge in [-0.15, -0.1) is 0 Å². The largest absolute Gasteiger partial charge is 0.387 e. The van der Waals surface area contributed by atoms with E-state index in [0.29, 0.717) is 32.2 Å². The van der Waals surface area contributed by atoms with Crippen molar-refractivity contribution in [2.45, 2.75) is 18.4 Å². The van der Waals surface area contributed by atoms with E-state index >= 15 is 0 Å². The number of hydrogen-bond donors (Lipinski definition) is 2. The number of rotatable bonds is 10. The van der Waals surface area contributed by atoms with E-state index in [2.05, 4.69) is 4.90 Å². The summed E-state index contributed by atoms with van der Waals surface area (Å²) in [6.45, 7) is 3.86. The summed E-state index contributed by atoms with van der Waals surface area (Å²) in [5.74, 6) is 0.375. The van der Waals surface area contributed by atoms with Crippen LogP contribution in [0.3, 0.4) is 0 Å². The first-order chi connectivity index (χ1) is 8.16. The SMILES string of the molecule is COCCN(CCOC)CC(O)(CN)C1CC1. The molecular weight excluding hydrogens is 220 g/mol. The quantitative estimate of drug-likeness (QED) is 0.553. The minimum absolute atomic E-state index is 0.328. The normalized spacial score (nSPS) is 19.6. The van der Waals surface area contributed by atoms with E-state index < -0.39 is 5.60 Å². The number of hydrogen-bond acceptors (Lipinski definition) is 5. The lowest BCUT2D eigenvalue weighted by molar-refractivity contribution is -0.0181. The molecule has 0 aromatic carbocycles. The zero-order valence-electron chi connectivity index (χ0n) is 11.0. The molecule has 1 atom stereocenters. The predicted molar refractivity (Wildman–Crippen MR) is 66.9 cm³/mol. The molecule has 1 saturated carbocycles. The van der Waals surface area contributed by atoms with E-state index in [9.17, 15) is 5.11 Å². The summed E-state index contributed by atoms with van der Waals surface area (Å²) in [6.07, 6.45) is 2.19. The Hall–Kier alpha value is -0.200. The second-order valence-electron chi connectivity index (χ2n) is 4.84. The van der Waals surface area contributed by atoms with Crippen molar-refractivity contribution in [3.8, 4) is 0 Å². The van der Waals surface area contributed by atoms with Gasteiger partial charge in [0.1, 0.15) is 0 Å². The monoisotopic (exact) mass is 246 g/mol. The van der Waals surface area contributed by atoms with Gasteiger partial charge in [-0.25, -0.2) is 0 Å². The number of aliphatic hydroxyl groups is 1. The van der Waals surface area contributed by atoms with Crippen LogP contribution in [0.25, 0.3) is 0 Å². The molecule has 3 N–H and O–H groups in total. The molecule has 1 rings (SSSR count). The summed E-state index contributed by atoms with van der Waals surface area (Å²) < 4.78 is 10.2. The van der Waals surface area contributed by atoms with E-state index in [4.69, 9.17) is 15.2 Å². The van der Waals surface area contributed by atoms with Crippen molar-refractivity contribution < 1.29 is 14.6 Å². The van der Waals surface area contributed by atoms with E-state index in [1.807, 2.05) is 0 Å². The lowest BCUT2D eigenvalue weighted by Gasteiger charge is -2.33. The predicted octanol–water partition coefficient (Wildman–Crippen LogP) is -0.319. The van der Waals surface area contributed by atoms with E-state index in [-0.39, 0.29) is 0 Å². The fraction of sp³-hybridized carbons (Fsp3) is 1.00. The molecule has 1 fully saturated rings. The minimum Gasteiger partial charge on any atom is -0.387 e. The Kier molecular flexibility index (Phi) is 6.37. The van der Waals surface area contributed by atoms with E-state index in [1.54, 1.807) is 14.2 Å². The van der Waals surface area contributed by atoms with Gasteiger partial charge in [-0.1, -0.05) is 0 Å². The highest BCUT2D eigenvalue weighted by Gasteiger charge is 2.43. The highest BCUT2D eigenvalue weighted by molar-refractivity contribution is 4.97. The Morgan fingerprint density at radius 1 is 1.24 bits per heavy atom.